The highest BCUT2D eigenvalue weighted by Gasteiger charge is 2.07. The SMILES string of the molecule is COc1ccc(C(N)OC)cc1Cl. The van der Waals surface area contributed by atoms with E-state index in [4.69, 9.17) is 26.8 Å². The van der Waals surface area contributed by atoms with E-state index in [9.17, 15) is 0 Å². The van der Waals surface area contributed by atoms with Gasteiger partial charge < -0.3 is 15.2 Å². The fourth-order valence-corrected chi connectivity index (χ4v) is 1.26. The van der Waals surface area contributed by atoms with Crippen LogP contribution < -0.4 is 10.5 Å². The van der Waals surface area contributed by atoms with E-state index in [-0.39, 0.29) is 0 Å². The molecule has 0 saturated carbocycles. The summed E-state index contributed by atoms with van der Waals surface area (Å²) in [5.74, 6) is 0.633. The van der Waals surface area contributed by atoms with Crippen molar-refractivity contribution in [2.45, 2.75) is 6.23 Å². The van der Waals surface area contributed by atoms with Crippen molar-refractivity contribution < 1.29 is 9.47 Å². The van der Waals surface area contributed by atoms with Gasteiger partial charge in [0.15, 0.2) is 0 Å². The molecule has 0 bridgehead atoms. The zero-order valence-corrected chi connectivity index (χ0v) is 8.34. The van der Waals surface area contributed by atoms with Crippen LogP contribution in [0.3, 0.4) is 0 Å². The summed E-state index contributed by atoms with van der Waals surface area (Å²) in [5.41, 5.74) is 6.46. The third kappa shape index (κ3) is 2.34. The van der Waals surface area contributed by atoms with Crippen LogP contribution in [0, 0.1) is 0 Å². The fourth-order valence-electron chi connectivity index (χ4n) is 0.996. The molecule has 0 radical (unpaired) electrons. The van der Waals surface area contributed by atoms with Gasteiger partial charge in [-0.3, -0.25) is 0 Å². The Morgan fingerprint density at radius 2 is 2.08 bits per heavy atom. The van der Waals surface area contributed by atoms with Crippen LogP contribution in [0.4, 0.5) is 0 Å². The second kappa shape index (κ2) is 4.46. The zero-order valence-electron chi connectivity index (χ0n) is 7.58. The van der Waals surface area contributed by atoms with Gasteiger partial charge in [-0.2, -0.15) is 0 Å². The van der Waals surface area contributed by atoms with Crippen LogP contribution in [-0.2, 0) is 4.74 Å². The van der Waals surface area contributed by atoms with Crippen LogP contribution in [0.1, 0.15) is 11.8 Å². The Kier molecular flexibility index (Phi) is 3.54. The molecule has 72 valence electrons. The van der Waals surface area contributed by atoms with Gasteiger partial charge in [0, 0.05) is 7.11 Å². The van der Waals surface area contributed by atoms with Gasteiger partial charge >= 0.3 is 0 Å². The number of rotatable bonds is 3. The Labute approximate surface area is 82.4 Å². The summed E-state index contributed by atoms with van der Waals surface area (Å²) in [6.45, 7) is 0. The number of halogens is 1. The smallest absolute Gasteiger partial charge is 0.137 e. The molecule has 3 nitrogen and oxygen atoms in total. The normalized spacial score (nSPS) is 12.6. The van der Waals surface area contributed by atoms with E-state index in [1.54, 1.807) is 26.4 Å². The molecular weight excluding hydrogens is 190 g/mol. The number of ether oxygens (including phenoxy) is 2. The van der Waals surface area contributed by atoms with E-state index >= 15 is 0 Å². The average Bonchev–Trinajstić information content (AvgIpc) is 2.16. The number of hydrogen-bond donors (Lipinski definition) is 1. The number of benzene rings is 1. The molecule has 0 saturated heterocycles. The first-order valence-corrected chi connectivity index (χ1v) is 4.18. The standard InChI is InChI=1S/C9H12ClNO2/c1-12-8-4-3-6(5-7(8)10)9(11)13-2/h3-5,9H,11H2,1-2H3. The molecule has 0 aliphatic heterocycles. The first-order valence-electron chi connectivity index (χ1n) is 3.81. The first-order chi connectivity index (χ1) is 6.19. The Balaban J connectivity index is 2.95. The molecule has 0 fully saturated rings. The zero-order chi connectivity index (χ0) is 9.84. The molecule has 1 atom stereocenters. The molecule has 0 spiro atoms. The lowest BCUT2D eigenvalue weighted by molar-refractivity contribution is 0.109. The maximum atomic E-state index is 5.89. The van der Waals surface area contributed by atoms with E-state index in [0.29, 0.717) is 10.8 Å². The molecular formula is C9H12ClNO2. The highest BCUT2D eigenvalue weighted by atomic mass is 35.5. The van der Waals surface area contributed by atoms with Crippen molar-refractivity contribution in [2.75, 3.05) is 14.2 Å². The second-order valence-corrected chi connectivity index (χ2v) is 2.96. The molecule has 1 rings (SSSR count). The topological polar surface area (TPSA) is 44.5 Å². The van der Waals surface area contributed by atoms with Crippen molar-refractivity contribution >= 4 is 11.6 Å². The molecule has 0 aliphatic carbocycles. The van der Waals surface area contributed by atoms with Crippen LogP contribution >= 0.6 is 11.6 Å². The predicted molar refractivity (Wildman–Crippen MR) is 51.9 cm³/mol. The molecule has 1 aromatic rings. The highest BCUT2D eigenvalue weighted by molar-refractivity contribution is 6.32. The van der Waals surface area contributed by atoms with Crippen LogP contribution in [0.15, 0.2) is 18.2 Å². The summed E-state index contributed by atoms with van der Waals surface area (Å²) >= 11 is 5.89. The molecule has 4 heteroatoms. The van der Waals surface area contributed by atoms with Gasteiger partial charge in [0.2, 0.25) is 0 Å². The molecule has 2 N–H and O–H groups in total. The monoisotopic (exact) mass is 201 g/mol. The van der Waals surface area contributed by atoms with Crippen molar-refractivity contribution in [3.05, 3.63) is 28.8 Å². The van der Waals surface area contributed by atoms with E-state index in [1.165, 1.54) is 0 Å². The van der Waals surface area contributed by atoms with E-state index in [2.05, 4.69) is 0 Å². The van der Waals surface area contributed by atoms with Gasteiger partial charge in [-0.25, -0.2) is 0 Å². The van der Waals surface area contributed by atoms with E-state index < -0.39 is 6.23 Å². The van der Waals surface area contributed by atoms with Gasteiger partial charge in [0.1, 0.15) is 12.0 Å². The van der Waals surface area contributed by atoms with Gasteiger partial charge in [-0.1, -0.05) is 17.7 Å². The van der Waals surface area contributed by atoms with Crippen molar-refractivity contribution in [1.82, 2.24) is 0 Å². The summed E-state index contributed by atoms with van der Waals surface area (Å²) in [4.78, 5) is 0. The lowest BCUT2D eigenvalue weighted by Crippen LogP contribution is -2.11. The minimum absolute atomic E-state index is 0.441. The molecule has 13 heavy (non-hydrogen) atoms. The number of hydrogen-bond acceptors (Lipinski definition) is 3. The second-order valence-electron chi connectivity index (χ2n) is 2.55. The van der Waals surface area contributed by atoms with Crippen molar-refractivity contribution in [1.29, 1.82) is 0 Å². The predicted octanol–water partition coefficient (Wildman–Crippen LogP) is 1.95. The molecule has 1 aromatic carbocycles. The lowest BCUT2D eigenvalue weighted by Gasteiger charge is -2.11. The average molecular weight is 202 g/mol. The largest absolute Gasteiger partial charge is 0.495 e. The van der Waals surface area contributed by atoms with Crippen LogP contribution in [0.2, 0.25) is 5.02 Å². The fraction of sp³-hybridized carbons (Fsp3) is 0.333. The maximum Gasteiger partial charge on any atom is 0.137 e. The molecule has 0 aliphatic rings. The van der Waals surface area contributed by atoms with Crippen LogP contribution in [0.5, 0.6) is 5.75 Å². The molecule has 0 amide bonds. The van der Waals surface area contributed by atoms with Crippen molar-refractivity contribution in [3.63, 3.8) is 0 Å². The number of methoxy groups -OCH3 is 2. The third-order valence-corrected chi connectivity index (χ3v) is 2.05. The molecule has 0 heterocycles. The lowest BCUT2D eigenvalue weighted by atomic mass is 10.2. The van der Waals surface area contributed by atoms with Gasteiger partial charge in [0.05, 0.1) is 12.1 Å². The van der Waals surface area contributed by atoms with Crippen molar-refractivity contribution in [3.8, 4) is 5.75 Å². The van der Waals surface area contributed by atoms with E-state index in [0.717, 1.165) is 5.56 Å². The van der Waals surface area contributed by atoms with Gasteiger partial charge in [-0.05, 0) is 17.7 Å². The number of nitrogens with two attached hydrogens (primary N) is 1. The Morgan fingerprint density at radius 1 is 1.38 bits per heavy atom. The Morgan fingerprint density at radius 3 is 2.54 bits per heavy atom. The Bertz CT molecular complexity index is 291. The maximum absolute atomic E-state index is 5.89. The molecule has 1 unspecified atom stereocenters. The van der Waals surface area contributed by atoms with Crippen LogP contribution in [-0.4, -0.2) is 14.2 Å². The minimum Gasteiger partial charge on any atom is -0.495 e. The summed E-state index contributed by atoms with van der Waals surface area (Å²) in [5, 5.41) is 0.535. The first kappa shape index (κ1) is 10.3. The summed E-state index contributed by atoms with van der Waals surface area (Å²) in [7, 11) is 3.11. The van der Waals surface area contributed by atoms with Gasteiger partial charge in [0.25, 0.3) is 0 Å². The summed E-state index contributed by atoms with van der Waals surface area (Å²) < 4.78 is 9.94. The quantitative estimate of drug-likeness (QED) is 0.761. The van der Waals surface area contributed by atoms with E-state index in [1.807, 2.05) is 6.07 Å². The molecule has 0 aromatic heterocycles. The minimum atomic E-state index is -0.441. The summed E-state index contributed by atoms with van der Waals surface area (Å²) in [6.07, 6.45) is -0.441. The van der Waals surface area contributed by atoms with Crippen molar-refractivity contribution in [2.24, 2.45) is 5.73 Å². The van der Waals surface area contributed by atoms with Gasteiger partial charge in [-0.15, -0.1) is 0 Å². The third-order valence-electron chi connectivity index (χ3n) is 1.76. The Hall–Kier alpha value is -0.770. The summed E-state index contributed by atoms with van der Waals surface area (Å²) in [6, 6.07) is 5.31. The highest BCUT2D eigenvalue weighted by Crippen LogP contribution is 2.26. The van der Waals surface area contributed by atoms with Crippen LogP contribution in [0.25, 0.3) is 0 Å².